The van der Waals surface area contributed by atoms with Crippen LogP contribution >= 0.6 is 0 Å². The second-order valence-electron chi connectivity index (χ2n) is 5.23. The van der Waals surface area contributed by atoms with Gasteiger partial charge in [0, 0.05) is 22.3 Å². The third kappa shape index (κ3) is 2.96. The van der Waals surface area contributed by atoms with E-state index in [-0.39, 0.29) is 33.8 Å². The Balaban J connectivity index is 2.29. The van der Waals surface area contributed by atoms with Crippen LogP contribution in [0.1, 0.15) is 38.3 Å². The highest BCUT2D eigenvalue weighted by Gasteiger charge is 2.20. The number of hydrogen-bond acceptors (Lipinski definition) is 6. The Labute approximate surface area is 132 Å². The summed E-state index contributed by atoms with van der Waals surface area (Å²) in [7, 11) is 0. The molecule has 2 aromatic rings. The summed E-state index contributed by atoms with van der Waals surface area (Å²) in [5, 5.41) is 38.1. The molecule has 0 aliphatic heterocycles. The molecule has 2 rings (SSSR count). The molecule has 0 aromatic heterocycles. The summed E-state index contributed by atoms with van der Waals surface area (Å²) < 4.78 is 0. The van der Waals surface area contributed by atoms with Gasteiger partial charge in [-0.2, -0.15) is 0 Å². The van der Waals surface area contributed by atoms with Gasteiger partial charge in [0.25, 0.3) is 0 Å². The van der Waals surface area contributed by atoms with E-state index in [9.17, 15) is 30.0 Å². The molecule has 2 aromatic carbocycles. The molecule has 4 N–H and O–H groups in total. The first kappa shape index (κ1) is 16.4. The largest absolute Gasteiger partial charge is 0.504 e. The fourth-order valence-electron chi connectivity index (χ4n) is 2.31. The van der Waals surface area contributed by atoms with Crippen LogP contribution in [0.4, 0.5) is 0 Å². The molecule has 0 unspecified atom stereocenters. The molecule has 0 saturated heterocycles. The van der Waals surface area contributed by atoms with Crippen LogP contribution < -0.4 is 0 Å². The van der Waals surface area contributed by atoms with Crippen molar-refractivity contribution in [2.45, 2.75) is 20.3 Å². The van der Waals surface area contributed by atoms with Crippen molar-refractivity contribution in [2.24, 2.45) is 0 Å². The Morgan fingerprint density at radius 2 is 1.09 bits per heavy atom. The number of Topliss-reactive ketones (excluding diaryl/α,β-unsaturated/α-hetero) is 2. The number of carbonyl (C=O) groups is 2. The number of aromatic hydroxyl groups is 4. The van der Waals surface area contributed by atoms with Crippen LogP contribution in [0.2, 0.25) is 0 Å². The Bertz CT molecular complexity index is 740. The van der Waals surface area contributed by atoms with E-state index in [2.05, 4.69) is 0 Å². The predicted octanol–water partition coefficient (Wildman–Crippen LogP) is 2.58. The van der Waals surface area contributed by atoms with Crippen molar-refractivity contribution in [1.82, 2.24) is 0 Å². The minimum atomic E-state index is -0.519. The quantitative estimate of drug-likeness (QED) is 0.391. The van der Waals surface area contributed by atoms with Crippen LogP contribution in [-0.4, -0.2) is 32.0 Å². The van der Waals surface area contributed by atoms with Gasteiger partial charge in [0.05, 0.1) is 6.42 Å². The zero-order chi connectivity index (χ0) is 17.3. The van der Waals surface area contributed by atoms with Crippen molar-refractivity contribution in [3.05, 3.63) is 46.5 Å². The highest BCUT2D eigenvalue weighted by Crippen LogP contribution is 2.33. The Kier molecular flexibility index (Phi) is 4.27. The maximum atomic E-state index is 12.3. The first-order chi connectivity index (χ1) is 10.7. The third-order valence-electron chi connectivity index (χ3n) is 3.74. The van der Waals surface area contributed by atoms with E-state index in [0.29, 0.717) is 0 Å². The minimum Gasteiger partial charge on any atom is -0.504 e. The molecule has 0 saturated carbocycles. The number of hydrogen-bond donors (Lipinski definition) is 4. The van der Waals surface area contributed by atoms with E-state index in [1.54, 1.807) is 0 Å². The number of phenolic OH excluding ortho intramolecular Hbond substituents is 4. The smallest absolute Gasteiger partial charge is 0.171 e. The minimum absolute atomic E-state index is 0.134. The fraction of sp³-hybridized carbons (Fsp3) is 0.176. The third-order valence-corrected chi connectivity index (χ3v) is 3.74. The maximum absolute atomic E-state index is 12.3. The van der Waals surface area contributed by atoms with Crippen LogP contribution in [0.5, 0.6) is 23.0 Å². The van der Waals surface area contributed by atoms with E-state index in [1.165, 1.54) is 38.1 Å². The zero-order valence-corrected chi connectivity index (χ0v) is 12.6. The fourth-order valence-corrected chi connectivity index (χ4v) is 2.31. The highest BCUT2D eigenvalue weighted by molar-refractivity contribution is 6.14. The number of ketones is 2. The normalized spacial score (nSPS) is 10.5. The van der Waals surface area contributed by atoms with Gasteiger partial charge >= 0.3 is 0 Å². The zero-order valence-electron chi connectivity index (χ0n) is 12.6. The molecule has 6 heteroatoms. The van der Waals surface area contributed by atoms with Crippen LogP contribution in [0.15, 0.2) is 24.3 Å². The molecule has 0 atom stereocenters. The van der Waals surface area contributed by atoms with E-state index in [4.69, 9.17) is 0 Å². The van der Waals surface area contributed by atoms with Crippen molar-refractivity contribution in [2.75, 3.05) is 0 Å². The monoisotopic (exact) mass is 316 g/mol. The molecular formula is C17H16O6. The lowest BCUT2D eigenvalue weighted by molar-refractivity contribution is 0.0893. The van der Waals surface area contributed by atoms with Gasteiger partial charge in [-0.05, 0) is 38.1 Å². The molecule has 0 aliphatic carbocycles. The molecule has 0 bridgehead atoms. The van der Waals surface area contributed by atoms with Crippen LogP contribution in [0.3, 0.4) is 0 Å². The van der Waals surface area contributed by atoms with Crippen molar-refractivity contribution in [3.63, 3.8) is 0 Å². The molecule has 120 valence electrons. The van der Waals surface area contributed by atoms with Crippen LogP contribution in [-0.2, 0) is 0 Å². The molecule has 0 heterocycles. The van der Waals surface area contributed by atoms with Gasteiger partial charge in [-0.1, -0.05) is 0 Å². The molecule has 0 radical (unpaired) electrons. The van der Waals surface area contributed by atoms with E-state index < -0.39 is 29.5 Å². The number of rotatable bonds is 4. The summed E-state index contributed by atoms with van der Waals surface area (Å²) in [6.45, 7) is 2.93. The van der Waals surface area contributed by atoms with E-state index in [0.717, 1.165) is 0 Å². The molecule has 0 amide bonds. The van der Waals surface area contributed by atoms with Crippen molar-refractivity contribution < 1.29 is 30.0 Å². The average Bonchev–Trinajstić information content (AvgIpc) is 2.50. The van der Waals surface area contributed by atoms with Gasteiger partial charge in [-0.3, -0.25) is 9.59 Å². The lowest BCUT2D eigenvalue weighted by Crippen LogP contribution is -2.11. The standard InChI is InChI=1S/C17H16O6/c1-8-10(3-5-12(18)16(8)22)14(20)7-15(21)11-4-6-13(19)17(23)9(11)2/h3-6,18-19,22-23H,7H2,1-2H3. The lowest BCUT2D eigenvalue weighted by atomic mass is 9.95. The summed E-state index contributed by atoms with van der Waals surface area (Å²) in [6.07, 6.45) is -0.462. The second kappa shape index (κ2) is 6.00. The average molecular weight is 316 g/mol. The lowest BCUT2D eigenvalue weighted by Gasteiger charge is -2.10. The molecule has 0 spiro atoms. The number of phenols is 4. The van der Waals surface area contributed by atoms with Gasteiger partial charge in [0.1, 0.15) is 0 Å². The summed E-state index contributed by atoms with van der Waals surface area (Å²) >= 11 is 0. The molecule has 0 fully saturated rings. The summed E-state index contributed by atoms with van der Waals surface area (Å²) in [5.74, 6) is -2.53. The topological polar surface area (TPSA) is 115 Å². The Morgan fingerprint density at radius 3 is 1.43 bits per heavy atom. The van der Waals surface area contributed by atoms with Gasteiger partial charge in [-0.25, -0.2) is 0 Å². The SMILES string of the molecule is Cc1c(C(=O)CC(=O)c2ccc(O)c(O)c2C)ccc(O)c1O. The maximum Gasteiger partial charge on any atom is 0.171 e. The summed E-state index contributed by atoms with van der Waals surface area (Å²) in [5.41, 5.74) is 0.643. The Hall–Kier alpha value is -3.02. The van der Waals surface area contributed by atoms with E-state index >= 15 is 0 Å². The van der Waals surface area contributed by atoms with Gasteiger partial charge in [-0.15, -0.1) is 0 Å². The highest BCUT2D eigenvalue weighted by atomic mass is 16.3. The van der Waals surface area contributed by atoms with Crippen molar-refractivity contribution in [3.8, 4) is 23.0 Å². The molecule has 23 heavy (non-hydrogen) atoms. The molecule has 6 nitrogen and oxygen atoms in total. The van der Waals surface area contributed by atoms with Gasteiger partial charge < -0.3 is 20.4 Å². The number of benzene rings is 2. The first-order valence-corrected chi connectivity index (χ1v) is 6.83. The van der Waals surface area contributed by atoms with Gasteiger partial charge in [0.2, 0.25) is 0 Å². The summed E-state index contributed by atoms with van der Waals surface area (Å²) in [6, 6.07) is 5.03. The van der Waals surface area contributed by atoms with Crippen LogP contribution in [0.25, 0.3) is 0 Å². The second-order valence-corrected chi connectivity index (χ2v) is 5.23. The summed E-state index contributed by atoms with van der Waals surface area (Å²) in [4.78, 5) is 24.5. The Morgan fingerprint density at radius 1 is 0.739 bits per heavy atom. The molecular weight excluding hydrogens is 300 g/mol. The predicted molar refractivity (Wildman–Crippen MR) is 82.3 cm³/mol. The van der Waals surface area contributed by atoms with Gasteiger partial charge in [0.15, 0.2) is 34.6 Å². The van der Waals surface area contributed by atoms with E-state index in [1.807, 2.05) is 0 Å². The van der Waals surface area contributed by atoms with Crippen molar-refractivity contribution in [1.29, 1.82) is 0 Å². The molecule has 0 aliphatic rings. The van der Waals surface area contributed by atoms with Crippen LogP contribution in [0, 0.1) is 13.8 Å². The number of carbonyl (C=O) groups excluding carboxylic acids is 2. The van der Waals surface area contributed by atoms with Crippen molar-refractivity contribution >= 4 is 11.6 Å². The first-order valence-electron chi connectivity index (χ1n) is 6.83.